The highest BCUT2D eigenvalue weighted by molar-refractivity contribution is 5.94. The van der Waals surface area contributed by atoms with E-state index in [-0.39, 0.29) is 11.9 Å². The number of aromatic nitrogens is 3. The van der Waals surface area contributed by atoms with Gasteiger partial charge in [0, 0.05) is 43.3 Å². The van der Waals surface area contributed by atoms with Gasteiger partial charge in [-0.15, -0.1) is 0 Å². The van der Waals surface area contributed by atoms with Crippen LogP contribution < -0.4 is 5.32 Å². The van der Waals surface area contributed by atoms with E-state index >= 15 is 0 Å². The molecule has 174 valence electrons. The number of rotatable bonds is 7. The van der Waals surface area contributed by atoms with Gasteiger partial charge in [0.15, 0.2) is 0 Å². The highest BCUT2D eigenvalue weighted by Gasteiger charge is 2.22. The third-order valence-corrected chi connectivity index (χ3v) is 5.47. The van der Waals surface area contributed by atoms with Gasteiger partial charge in [0.2, 0.25) is 0 Å². The van der Waals surface area contributed by atoms with Crippen LogP contribution >= 0.6 is 0 Å². The highest BCUT2D eigenvalue weighted by atomic mass is 16.5. The molecule has 0 spiro atoms. The van der Waals surface area contributed by atoms with Crippen molar-refractivity contribution in [2.24, 2.45) is 0 Å². The Labute approximate surface area is 189 Å². The van der Waals surface area contributed by atoms with E-state index in [0.717, 1.165) is 61.2 Å². The molecule has 32 heavy (non-hydrogen) atoms. The second kappa shape index (κ2) is 11.8. The van der Waals surface area contributed by atoms with Crippen LogP contribution in [0.5, 0.6) is 0 Å². The maximum absolute atomic E-state index is 12.8. The number of fused-ring (bicyclic) bond motifs is 1. The van der Waals surface area contributed by atoms with Crippen molar-refractivity contribution in [3.05, 3.63) is 46.0 Å². The van der Waals surface area contributed by atoms with Crippen LogP contribution in [-0.4, -0.2) is 53.0 Å². The fraction of sp³-hybridized carbons (Fsp3) is 0.583. The Kier molecular flexibility index (Phi) is 8.79. The van der Waals surface area contributed by atoms with Crippen molar-refractivity contribution < 1.29 is 19.1 Å². The average molecular weight is 443 g/mol. The minimum atomic E-state index is -0.320. The summed E-state index contributed by atoms with van der Waals surface area (Å²) in [7, 11) is 0. The summed E-state index contributed by atoms with van der Waals surface area (Å²) >= 11 is 0. The van der Waals surface area contributed by atoms with Gasteiger partial charge in [-0.1, -0.05) is 0 Å². The highest BCUT2D eigenvalue weighted by Crippen LogP contribution is 2.20. The zero-order valence-electron chi connectivity index (χ0n) is 19.4. The van der Waals surface area contributed by atoms with Crippen molar-refractivity contribution in [2.45, 2.75) is 65.8 Å². The van der Waals surface area contributed by atoms with Gasteiger partial charge in [0.25, 0.3) is 5.91 Å². The SMILES string of the molecule is CCn1nc(CCCCOC(=O)c2cc(C)nc(C)c2)c2c1C(=O)NCCCOCCC2. The van der Waals surface area contributed by atoms with Gasteiger partial charge in [-0.05, 0) is 71.4 Å². The maximum atomic E-state index is 12.8. The minimum absolute atomic E-state index is 0.0561. The Morgan fingerprint density at radius 2 is 1.94 bits per heavy atom. The molecular formula is C24H34N4O4. The van der Waals surface area contributed by atoms with Crippen molar-refractivity contribution in [3.63, 3.8) is 0 Å². The number of carbonyl (C=O) groups excluding carboxylic acids is 2. The first-order chi connectivity index (χ1) is 15.5. The summed E-state index contributed by atoms with van der Waals surface area (Å²) in [5.74, 6) is -0.376. The Morgan fingerprint density at radius 3 is 2.69 bits per heavy atom. The number of amides is 1. The molecule has 0 radical (unpaired) electrons. The van der Waals surface area contributed by atoms with E-state index in [1.165, 1.54) is 0 Å². The molecule has 2 aromatic heterocycles. The van der Waals surface area contributed by atoms with Gasteiger partial charge >= 0.3 is 5.97 Å². The molecule has 3 rings (SSSR count). The van der Waals surface area contributed by atoms with Crippen molar-refractivity contribution in [2.75, 3.05) is 26.4 Å². The lowest BCUT2D eigenvalue weighted by molar-refractivity contribution is 0.0498. The number of nitrogens with one attached hydrogen (secondary N) is 1. The lowest BCUT2D eigenvalue weighted by Crippen LogP contribution is -2.28. The van der Waals surface area contributed by atoms with Crippen LogP contribution in [-0.2, 0) is 28.9 Å². The number of unbranched alkanes of at least 4 members (excludes halogenated alkanes) is 1. The number of hydrogen-bond donors (Lipinski definition) is 1. The van der Waals surface area contributed by atoms with Crippen LogP contribution in [0.3, 0.4) is 0 Å². The van der Waals surface area contributed by atoms with Crippen LogP contribution in [0.4, 0.5) is 0 Å². The number of aryl methyl sites for hydroxylation is 4. The molecule has 0 unspecified atom stereocenters. The molecule has 1 N–H and O–H groups in total. The number of hydrogen-bond acceptors (Lipinski definition) is 6. The number of esters is 1. The molecule has 8 nitrogen and oxygen atoms in total. The molecule has 3 heterocycles. The molecule has 0 saturated heterocycles. The van der Waals surface area contributed by atoms with E-state index in [4.69, 9.17) is 14.6 Å². The summed E-state index contributed by atoms with van der Waals surface area (Å²) < 4.78 is 12.9. The second-order valence-corrected chi connectivity index (χ2v) is 8.15. The van der Waals surface area contributed by atoms with Crippen LogP contribution in [0.1, 0.15) is 76.1 Å². The lowest BCUT2D eigenvalue weighted by atomic mass is 10.0. The van der Waals surface area contributed by atoms with Gasteiger partial charge in [-0.2, -0.15) is 5.10 Å². The Balaban J connectivity index is 1.58. The normalized spacial score (nSPS) is 14.9. The molecule has 0 bridgehead atoms. The fourth-order valence-electron chi connectivity index (χ4n) is 4.00. The predicted octanol–water partition coefficient (Wildman–Crippen LogP) is 3.18. The first kappa shape index (κ1) is 23.9. The van der Waals surface area contributed by atoms with Crippen LogP contribution in [0.2, 0.25) is 0 Å². The number of pyridine rings is 1. The quantitative estimate of drug-likeness (QED) is 0.523. The van der Waals surface area contributed by atoms with E-state index in [2.05, 4.69) is 10.3 Å². The number of nitrogens with zero attached hydrogens (tertiary/aromatic N) is 3. The van der Waals surface area contributed by atoms with Crippen molar-refractivity contribution >= 4 is 11.9 Å². The smallest absolute Gasteiger partial charge is 0.338 e. The maximum Gasteiger partial charge on any atom is 0.338 e. The third kappa shape index (κ3) is 6.38. The Morgan fingerprint density at radius 1 is 1.19 bits per heavy atom. The van der Waals surface area contributed by atoms with E-state index < -0.39 is 0 Å². The fourth-order valence-corrected chi connectivity index (χ4v) is 4.00. The van der Waals surface area contributed by atoms with Crippen LogP contribution in [0.15, 0.2) is 12.1 Å². The summed E-state index contributed by atoms with van der Waals surface area (Å²) in [5.41, 5.74) is 4.80. The van der Waals surface area contributed by atoms with Gasteiger partial charge in [0.05, 0.1) is 17.9 Å². The summed E-state index contributed by atoms with van der Waals surface area (Å²) in [6.07, 6.45) is 4.75. The second-order valence-electron chi connectivity index (χ2n) is 8.15. The van der Waals surface area contributed by atoms with Crippen molar-refractivity contribution in [1.82, 2.24) is 20.1 Å². The average Bonchev–Trinajstić information content (AvgIpc) is 3.09. The standard InChI is InChI=1S/C24H34N4O4/c1-4-28-22-20(9-7-12-31-13-8-11-25-23(22)29)21(27-28)10-5-6-14-32-24(30)19-15-17(2)26-18(3)16-19/h15-16H,4-14H2,1-3H3,(H,25,29). The summed E-state index contributed by atoms with van der Waals surface area (Å²) in [6.45, 7) is 8.68. The summed E-state index contributed by atoms with van der Waals surface area (Å²) in [4.78, 5) is 29.4. The molecule has 0 aromatic carbocycles. The molecule has 2 aromatic rings. The molecule has 0 atom stereocenters. The largest absolute Gasteiger partial charge is 0.462 e. The first-order valence-corrected chi connectivity index (χ1v) is 11.6. The monoisotopic (exact) mass is 442 g/mol. The lowest BCUT2D eigenvalue weighted by Gasteiger charge is -2.08. The molecular weight excluding hydrogens is 408 g/mol. The predicted molar refractivity (Wildman–Crippen MR) is 121 cm³/mol. The van der Waals surface area contributed by atoms with Gasteiger partial charge in [-0.3, -0.25) is 14.5 Å². The number of carbonyl (C=O) groups is 2. The van der Waals surface area contributed by atoms with Crippen LogP contribution in [0.25, 0.3) is 0 Å². The molecule has 1 aliphatic heterocycles. The Bertz CT molecular complexity index is 918. The molecule has 0 aliphatic carbocycles. The molecule has 0 saturated carbocycles. The summed E-state index contributed by atoms with van der Waals surface area (Å²) in [5, 5.41) is 7.72. The van der Waals surface area contributed by atoms with Gasteiger partial charge in [0.1, 0.15) is 5.69 Å². The van der Waals surface area contributed by atoms with Gasteiger partial charge in [-0.25, -0.2) is 4.79 Å². The van der Waals surface area contributed by atoms with E-state index in [0.29, 0.717) is 44.2 Å². The summed E-state index contributed by atoms with van der Waals surface area (Å²) in [6, 6.07) is 3.48. The molecule has 0 fully saturated rings. The van der Waals surface area contributed by atoms with E-state index in [1.807, 2.05) is 25.5 Å². The van der Waals surface area contributed by atoms with E-state index in [1.54, 1.807) is 12.1 Å². The molecule has 1 amide bonds. The van der Waals surface area contributed by atoms with Gasteiger partial charge < -0.3 is 14.8 Å². The third-order valence-electron chi connectivity index (χ3n) is 5.47. The Hall–Kier alpha value is -2.74. The molecule has 8 heteroatoms. The zero-order chi connectivity index (χ0) is 22.9. The van der Waals surface area contributed by atoms with Crippen molar-refractivity contribution in [1.29, 1.82) is 0 Å². The van der Waals surface area contributed by atoms with E-state index in [9.17, 15) is 9.59 Å². The molecule has 1 aliphatic rings. The zero-order valence-corrected chi connectivity index (χ0v) is 19.4. The number of ether oxygens (including phenoxy) is 2. The van der Waals surface area contributed by atoms with Crippen LogP contribution in [0, 0.1) is 13.8 Å². The minimum Gasteiger partial charge on any atom is -0.462 e. The first-order valence-electron chi connectivity index (χ1n) is 11.6. The topological polar surface area (TPSA) is 95.3 Å². The van der Waals surface area contributed by atoms with Crippen molar-refractivity contribution in [3.8, 4) is 0 Å².